The summed E-state index contributed by atoms with van der Waals surface area (Å²) in [5.41, 5.74) is 1.81. The van der Waals surface area contributed by atoms with Crippen LogP contribution in [0.4, 0.5) is 0 Å². The average Bonchev–Trinajstić information content (AvgIpc) is 2.58. The lowest BCUT2D eigenvalue weighted by Gasteiger charge is -2.43. The molecule has 0 saturated heterocycles. The van der Waals surface area contributed by atoms with Gasteiger partial charge in [-0.1, -0.05) is 31.2 Å². The van der Waals surface area contributed by atoms with Crippen molar-refractivity contribution in [2.45, 2.75) is 20.0 Å². The first-order chi connectivity index (χ1) is 12.3. The fourth-order valence-electron chi connectivity index (χ4n) is 3.21. The van der Waals surface area contributed by atoms with Gasteiger partial charge in [-0.05, 0) is 17.5 Å². The molecule has 0 bridgehead atoms. The Hall–Kier alpha value is -2.90. The van der Waals surface area contributed by atoms with Crippen LogP contribution in [-0.2, 0) is 41.7 Å². The highest BCUT2D eigenvalue weighted by molar-refractivity contribution is 5.96. The third kappa shape index (κ3) is 3.68. The second-order valence-electron chi connectivity index (χ2n) is 6.08. The van der Waals surface area contributed by atoms with Crippen LogP contribution in [0.15, 0.2) is 24.3 Å². The van der Waals surface area contributed by atoms with Gasteiger partial charge in [0.1, 0.15) is 6.61 Å². The van der Waals surface area contributed by atoms with Gasteiger partial charge in [-0.25, -0.2) is 0 Å². The van der Waals surface area contributed by atoms with Crippen molar-refractivity contribution in [3.63, 3.8) is 0 Å². The molecule has 0 spiro atoms. The average molecular weight is 364 g/mol. The Labute approximate surface area is 149 Å². The van der Waals surface area contributed by atoms with E-state index in [1.165, 1.54) is 0 Å². The van der Waals surface area contributed by atoms with Crippen LogP contribution in [0, 0.1) is 23.7 Å². The zero-order chi connectivity index (χ0) is 19.4. The van der Waals surface area contributed by atoms with Crippen molar-refractivity contribution in [1.29, 1.82) is 0 Å². The summed E-state index contributed by atoms with van der Waals surface area (Å²) in [5, 5.41) is 18.5. The number of aliphatic carboxylic acids is 2. The summed E-state index contributed by atoms with van der Waals surface area (Å²) in [5.74, 6) is -10.6. The smallest absolute Gasteiger partial charge is 0.311 e. The van der Waals surface area contributed by atoms with Gasteiger partial charge < -0.3 is 19.7 Å². The van der Waals surface area contributed by atoms with Gasteiger partial charge in [-0.15, -0.1) is 0 Å². The summed E-state index contributed by atoms with van der Waals surface area (Å²) in [6.07, 6.45) is 0.861. The second kappa shape index (κ2) is 7.99. The van der Waals surface area contributed by atoms with Gasteiger partial charge >= 0.3 is 23.9 Å². The number of carboxylic acid groups (broad SMARTS) is 2. The van der Waals surface area contributed by atoms with Gasteiger partial charge in [0, 0.05) is 0 Å². The maximum atomic E-state index is 12.3. The van der Waals surface area contributed by atoms with Crippen LogP contribution in [0.5, 0.6) is 0 Å². The second-order valence-corrected chi connectivity index (χ2v) is 6.08. The van der Waals surface area contributed by atoms with Crippen molar-refractivity contribution in [2.75, 3.05) is 7.11 Å². The van der Waals surface area contributed by atoms with E-state index < -0.39 is 47.5 Å². The largest absolute Gasteiger partial charge is 0.481 e. The molecule has 26 heavy (non-hydrogen) atoms. The summed E-state index contributed by atoms with van der Waals surface area (Å²) in [4.78, 5) is 46.9. The molecule has 2 unspecified atom stereocenters. The van der Waals surface area contributed by atoms with Gasteiger partial charge in [0.15, 0.2) is 0 Å². The van der Waals surface area contributed by atoms with Crippen LogP contribution in [-0.4, -0.2) is 41.2 Å². The molecule has 1 aromatic carbocycles. The highest BCUT2D eigenvalue weighted by Gasteiger charge is 2.65. The molecule has 1 aromatic rings. The van der Waals surface area contributed by atoms with E-state index in [1.54, 1.807) is 12.1 Å². The molecule has 140 valence electrons. The molecule has 0 heterocycles. The van der Waals surface area contributed by atoms with E-state index in [-0.39, 0.29) is 6.61 Å². The fraction of sp³-hybridized carbons (Fsp3) is 0.444. The van der Waals surface area contributed by atoms with Crippen LogP contribution >= 0.6 is 0 Å². The molecule has 0 amide bonds. The minimum atomic E-state index is -1.54. The number of hydrogen-bond donors (Lipinski definition) is 2. The number of hydrogen-bond acceptors (Lipinski definition) is 6. The minimum absolute atomic E-state index is 0.0999. The number of aryl methyl sites for hydroxylation is 1. The predicted octanol–water partition coefficient (Wildman–Crippen LogP) is 1.11. The Morgan fingerprint density at radius 2 is 1.31 bits per heavy atom. The molecule has 8 nitrogen and oxygen atoms in total. The standard InChI is InChI=1S/C18H20O8/c1-3-9-4-6-10(7-5-9)8-26-18(24)14-12(16(21)22)11(15(19)20)13(14)17(23)25-2/h4-7,11-14H,3,8H2,1-2H3,(H,19,20)(H,21,22)/t11-,12+,13?,14?/m1/s1. The molecule has 0 aliphatic heterocycles. The summed E-state index contributed by atoms with van der Waals surface area (Å²) in [6, 6.07) is 7.31. The van der Waals surface area contributed by atoms with E-state index in [9.17, 15) is 29.4 Å². The molecular weight excluding hydrogens is 344 g/mol. The Balaban J connectivity index is 2.13. The lowest BCUT2D eigenvalue weighted by Crippen LogP contribution is -2.60. The van der Waals surface area contributed by atoms with Gasteiger partial charge in [-0.3, -0.25) is 19.2 Å². The Kier molecular flexibility index (Phi) is 5.97. The molecule has 8 heteroatoms. The number of carbonyl (C=O) groups is 4. The van der Waals surface area contributed by atoms with E-state index in [4.69, 9.17) is 4.74 Å². The number of esters is 2. The molecule has 1 saturated carbocycles. The number of benzene rings is 1. The third-order valence-electron chi connectivity index (χ3n) is 4.68. The Morgan fingerprint density at radius 1 is 0.846 bits per heavy atom. The first-order valence-electron chi connectivity index (χ1n) is 8.09. The molecule has 1 fully saturated rings. The van der Waals surface area contributed by atoms with Crippen molar-refractivity contribution in [1.82, 2.24) is 0 Å². The Morgan fingerprint density at radius 3 is 1.73 bits per heavy atom. The van der Waals surface area contributed by atoms with Gasteiger partial charge in [-0.2, -0.15) is 0 Å². The molecule has 4 atom stereocenters. The molecule has 1 aliphatic rings. The summed E-state index contributed by atoms with van der Waals surface area (Å²) < 4.78 is 9.66. The van der Waals surface area contributed by atoms with Crippen molar-refractivity contribution in [2.24, 2.45) is 23.7 Å². The minimum Gasteiger partial charge on any atom is -0.481 e. The molecule has 2 rings (SSSR count). The van der Waals surface area contributed by atoms with Crippen molar-refractivity contribution >= 4 is 23.9 Å². The topological polar surface area (TPSA) is 127 Å². The highest BCUT2D eigenvalue weighted by Crippen LogP contribution is 2.48. The van der Waals surface area contributed by atoms with Crippen molar-refractivity contribution in [3.05, 3.63) is 35.4 Å². The van der Waals surface area contributed by atoms with Crippen molar-refractivity contribution < 1.29 is 38.9 Å². The maximum absolute atomic E-state index is 12.3. The van der Waals surface area contributed by atoms with Gasteiger partial charge in [0.2, 0.25) is 0 Å². The van der Waals surface area contributed by atoms with Crippen LogP contribution in [0.1, 0.15) is 18.1 Å². The van der Waals surface area contributed by atoms with Gasteiger partial charge in [0.25, 0.3) is 0 Å². The van der Waals surface area contributed by atoms with Crippen LogP contribution in [0.25, 0.3) is 0 Å². The maximum Gasteiger partial charge on any atom is 0.311 e. The van der Waals surface area contributed by atoms with E-state index in [0.717, 1.165) is 19.1 Å². The van der Waals surface area contributed by atoms with E-state index in [1.807, 2.05) is 19.1 Å². The normalized spacial score (nSPS) is 24.2. The molecule has 1 aliphatic carbocycles. The molecule has 0 aromatic heterocycles. The fourth-order valence-corrected chi connectivity index (χ4v) is 3.21. The number of rotatable bonds is 7. The quantitative estimate of drug-likeness (QED) is 0.689. The van der Waals surface area contributed by atoms with Crippen LogP contribution < -0.4 is 0 Å². The first kappa shape index (κ1) is 19.4. The first-order valence-corrected chi connectivity index (χ1v) is 8.09. The highest BCUT2D eigenvalue weighted by atomic mass is 16.5. The number of ether oxygens (including phenoxy) is 2. The van der Waals surface area contributed by atoms with Crippen LogP contribution in [0.2, 0.25) is 0 Å². The van der Waals surface area contributed by atoms with E-state index >= 15 is 0 Å². The Bertz CT molecular complexity index is 708. The third-order valence-corrected chi connectivity index (χ3v) is 4.68. The molecular formula is C18H20O8. The monoisotopic (exact) mass is 364 g/mol. The summed E-state index contributed by atoms with van der Waals surface area (Å²) >= 11 is 0. The summed E-state index contributed by atoms with van der Waals surface area (Å²) in [7, 11) is 1.05. The van der Waals surface area contributed by atoms with Crippen molar-refractivity contribution in [3.8, 4) is 0 Å². The van der Waals surface area contributed by atoms with Crippen LogP contribution in [0.3, 0.4) is 0 Å². The molecule has 2 N–H and O–H groups in total. The predicted molar refractivity (Wildman–Crippen MR) is 86.9 cm³/mol. The molecule has 0 radical (unpaired) electrons. The number of carboxylic acids is 2. The number of carbonyl (C=O) groups excluding carboxylic acids is 2. The van der Waals surface area contributed by atoms with Gasteiger partial charge in [0.05, 0.1) is 30.8 Å². The summed E-state index contributed by atoms with van der Waals surface area (Å²) in [6.45, 7) is 1.90. The lowest BCUT2D eigenvalue weighted by atomic mass is 9.56. The zero-order valence-electron chi connectivity index (χ0n) is 14.4. The van der Waals surface area contributed by atoms with E-state index in [2.05, 4.69) is 4.74 Å². The number of methoxy groups -OCH3 is 1. The van der Waals surface area contributed by atoms with E-state index in [0.29, 0.717) is 5.56 Å². The zero-order valence-corrected chi connectivity index (χ0v) is 14.4. The lowest BCUT2D eigenvalue weighted by molar-refractivity contribution is -0.195. The SMILES string of the molecule is CCc1ccc(COC(=O)C2C(C(=O)OC)[C@H](C(=O)O)[C@@H]2C(=O)O)cc1.